The Balaban J connectivity index is 1.72. The zero-order valence-corrected chi connectivity index (χ0v) is 11.2. The third-order valence-electron chi connectivity index (χ3n) is 4.94. The van der Waals surface area contributed by atoms with Crippen LogP contribution in [0.5, 0.6) is 0 Å². The highest BCUT2D eigenvalue weighted by Crippen LogP contribution is 2.50. The van der Waals surface area contributed by atoms with Gasteiger partial charge in [-0.1, -0.05) is 36.4 Å². The molecule has 2 heteroatoms. The Kier molecular flexibility index (Phi) is 1.93. The van der Waals surface area contributed by atoms with Crippen LogP contribution < -0.4 is 5.32 Å². The molecule has 2 nitrogen and oxygen atoms in total. The summed E-state index contributed by atoms with van der Waals surface area (Å²) in [5.41, 5.74) is 6.99. The highest BCUT2D eigenvalue weighted by molar-refractivity contribution is 5.85. The molecule has 0 radical (unpaired) electrons. The fourth-order valence-corrected chi connectivity index (χ4v) is 4.05. The molecule has 98 valence electrons. The van der Waals surface area contributed by atoms with Crippen molar-refractivity contribution < 1.29 is 0 Å². The van der Waals surface area contributed by atoms with Gasteiger partial charge in [-0.25, -0.2) is 0 Å². The zero-order valence-electron chi connectivity index (χ0n) is 11.2. The normalized spacial score (nSPS) is 23.0. The second kappa shape index (κ2) is 3.66. The van der Waals surface area contributed by atoms with E-state index in [-0.39, 0.29) is 0 Å². The van der Waals surface area contributed by atoms with E-state index in [1.54, 1.807) is 0 Å². The number of fused-ring (bicyclic) bond motifs is 7. The predicted octanol–water partition coefficient (Wildman–Crippen LogP) is 4.36. The molecule has 2 heterocycles. The molecule has 2 aliphatic rings. The second-order valence-corrected chi connectivity index (χ2v) is 5.92. The molecule has 0 saturated heterocycles. The lowest BCUT2D eigenvalue weighted by Crippen LogP contribution is -2.19. The van der Waals surface area contributed by atoms with Crippen LogP contribution in [0.4, 0.5) is 5.69 Å². The first-order valence-electron chi connectivity index (χ1n) is 7.37. The molecule has 2 aromatic carbocycles. The molecule has 0 unspecified atom stereocenters. The first kappa shape index (κ1) is 10.6. The molecule has 0 amide bonds. The fourth-order valence-electron chi connectivity index (χ4n) is 4.05. The van der Waals surface area contributed by atoms with Crippen molar-refractivity contribution in [3.8, 4) is 0 Å². The number of nitrogens with one attached hydrogen (secondary N) is 2. The number of hydrogen-bond acceptors (Lipinski definition) is 1. The summed E-state index contributed by atoms with van der Waals surface area (Å²) in [4.78, 5) is 3.66. The van der Waals surface area contributed by atoms with E-state index >= 15 is 0 Å². The van der Waals surface area contributed by atoms with Gasteiger partial charge in [0.2, 0.25) is 0 Å². The number of hydrogen-bond donors (Lipinski definition) is 2. The predicted molar refractivity (Wildman–Crippen MR) is 82.2 cm³/mol. The van der Waals surface area contributed by atoms with Crippen LogP contribution in [0.15, 0.2) is 48.5 Å². The van der Waals surface area contributed by atoms with Crippen molar-refractivity contribution in [2.75, 3.05) is 5.32 Å². The van der Waals surface area contributed by atoms with Crippen molar-refractivity contribution in [3.05, 3.63) is 65.4 Å². The van der Waals surface area contributed by atoms with Gasteiger partial charge in [-0.15, -0.1) is 0 Å². The molecule has 20 heavy (non-hydrogen) atoms. The average molecular weight is 260 g/mol. The molecular formula is C18H16N2. The molecule has 0 saturated carbocycles. The lowest BCUT2D eigenvalue weighted by atomic mass is 9.81. The number of para-hydroxylation sites is 2. The van der Waals surface area contributed by atoms with Crippen LogP contribution in [-0.2, 0) is 6.42 Å². The van der Waals surface area contributed by atoms with E-state index in [0.717, 1.165) is 0 Å². The third-order valence-corrected chi connectivity index (χ3v) is 4.94. The maximum absolute atomic E-state index is 3.72. The second-order valence-electron chi connectivity index (χ2n) is 5.92. The number of aromatic amines is 1. The van der Waals surface area contributed by atoms with Gasteiger partial charge in [0.1, 0.15) is 0 Å². The molecule has 0 fully saturated rings. The Labute approximate surface area is 117 Å². The molecule has 2 atom stereocenters. The standard InChI is InChI=1S/C18H16N2/c1-3-7-15-11(5-1)13-9-10-14-12-6-2-4-8-16(12)20-18(14)17(13)19-15/h1-8,13,17,19-20H,9-10H2/t13-,17+/m1/s1. The summed E-state index contributed by atoms with van der Waals surface area (Å²) in [6, 6.07) is 17.9. The Morgan fingerprint density at radius 3 is 2.80 bits per heavy atom. The summed E-state index contributed by atoms with van der Waals surface area (Å²) in [5, 5.41) is 5.12. The zero-order chi connectivity index (χ0) is 13.1. The van der Waals surface area contributed by atoms with Crippen LogP contribution in [0.1, 0.15) is 35.2 Å². The maximum atomic E-state index is 3.72. The smallest absolute Gasteiger partial charge is 0.0735 e. The lowest BCUT2D eigenvalue weighted by molar-refractivity contribution is 0.530. The summed E-state index contributed by atoms with van der Waals surface area (Å²) < 4.78 is 0. The van der Waals surface area contributed by atoms with Gasteiger partial charge in [-0.05, 0) is 36.1 Å². The number of anilines is 1. The largest absolute Gasteiger partial charge is 0.376 e. The van der Waals surface area contributed by atoms with Crippen LogP contribution in [0.25, 0.3) is 10.9 Å². The van der Waals surface area contributed by atoms with Crippen molar-refractivity contribution >= 4 is 16.6 Å². The topological polar surface area (TPSA) is 27.8 Å². The molecule has 1 aliphatic heterocycles. The summed E-state index contributed by atoms with van der Waals surface area (Å²) in [6.07, 6.45) is 2.42. The molecule has 3 aromatic rings. The Bertz CT molecular complexity index is 815. The molecule has 2 N–H and O–H groups in total. The molecule has 1 aromatic heterocycles. The van der Waals surface area contributed by atoms with Crippen molar-refractivity contribution in [1.29, 1.82) is 0 Å². The molecule has 1 aliphatic carbocycles. The maximum Gasteiger partial charge on any atom is 0.0735 e. The van der Waals surface area contributed by atoms with E-state index in [0.29, 0.717) is 12.0 Å². The minimum atomic E-state index is 0.420. The minimum absolute atomic E-state index is 0.420. The molecular weight excluding hydrogens is 244 g/mol. The van der Waals surface area contributed by atoms with Gasteiger partial charge < -0.3 is 10.3 Å². The molecule has 0 bridgehead atoms. The van der Waals surface area contributed by atoms with Gasteiger partial charge in [0.25, 0.3) is 0 Å². The summed E-state index contributed by atoms with van der Waals surface area (Å²) in [7, 11) is 0. The first-order valence-corrected chi connectivity index (χ1v) is 7.37. The minimum Gasteiger partial charge on any atom is -0.376 e. The van der Waals surface area contributed by atoms with Gasteiger partial charge in [0, 0.05) is 28.2 Å². The van der Waals surface area contributed by atoms with E-state index in [1.807, 2.05) is 0 Å². The van der Waals surface area contributed by atoms with E-state index in [2.05, 4.69) is 58.8 Å². The van der Waals surface area contributed by atoms with Crippen LogP contribution in [0, 0.1) is 0 Å². The monoisotopic (exact) mass is 260 g/mol. The number of aryl methyl sites for hydroxylation is 1. The number of H-pyrrole nitrogens is 1. The number of aromatic nitrogens is 1. The Morgan fingerprint density at radius 1 is 0.950 bits per heavy atom. The van der Waals surface area contributed by atoms with E-state index < -0.39 is 0 Å². The van der Waals surface area contributed by atoms with Crippen LogP contribution in [0.2, 0.25) is 0 Å². The average Bonchev–Trinajstić information content (AvgIpc) is 3.05. The van der Waals surface area contributed by atoms with Crippen LogP contribution in [0.3, 0.4) is 0 Å². The van der Waals surface area contributed by atoms with E-state index in [9.17, 15) is 0 Å². The van der Waals surface area contributed by atoms with Crippen molar-refractivity contribution in [2.24, 2.45) is 0 Å². The quantitative estimate of drug-likeness (QED) is 0.617. The van der Waals surface area contributed by atoms with E-state index in [1.165, 1.54) is 46.3 Å². The van der Waals surface area contributed by atoms with Gasteiger partial charge in [-0.3, -0.25) is 0 Å². The summed E-state index contributed by atoms with van der Waals surface area (Å²) >= 11 is 0. The summed E-state index contributed by atoms with van der Waals surface area (Å²) in [5.74, 6) is 0.617. The number of benzene rings is 2. The third kappa shape index (κ3) is 1.24. The Morgan fingerprint density at radius 2 is 1.80 bits per heavy atom. The Hall–Kier alpha value is -2.22. The fraction of sp³-hybridized carbons (Fsp3) is 0.222. The van der Waals surface area contributed by atoms with Gasteiger partial charge in [0.05, 0.1) is 6.04 Å². The molecule has 0 spiro atoms. The van der Waals surface area contributed by atoms with Gasteiger partial charge in [0.15, 0.2) is 0 Å². The molecule has 5 rings (SSSR count). The highest BCUT2D eigenvalue weighted by Gasteiger charge is 2.38. The lowest BCUT2D eigenvalue weighted by Gasteiger charge is -2.26. The van der Waals surface area contributed by atoms with Gasteiger partial charge in [-0.2, -0.15) is 0 Å². The van der Waals surface area contributed by atoms with Crippen LogP contribution in [-0.4, -0.2) is 4.98 Å². The van der Waals surface area contributed by atoms with Crippen molar-refractivity contribution in [2.45, 2.75) is 24.8 Å². The summed E-state index contributed by atoms with van der Waals surface area (Å²) in [6.45, 7) is 0. The first-order chi connectivity index (χ1) is 9.92. The van der Waals surface area contributed by atoms with Crippen molar-refractivity contribution in [3.63, 3.8) is 0 Å². The van der Waals surface area contributed by atoms with Crippen LogP contribution >= 0.6 is 0 Å². The highest BCUT2D eigenvalue weighted by atomic mass is 15.0. The van der Waals surface area contributed by atoms with E-state index in [4.69, 9.17) is 0 Å². The van der Waals surface area contributed by atoms with Gasteiger partial charge >= 0.3 is 0 Å². The van der Waals surface area contributed by atoms with Crippen molar-refractivity contribution in [1.82, 2.24) is 4.98 Å². The number of rotatable bonds is 0. The SMILES string of the molecule is c1ccc2c(c1)N[C@@H]1c3[nH]c4ccccc4c3CC[C@H]21.